The van der Waals surface area contributed by atoms with Crippen molar-refractivity contribution in [1.82, 2.24) is 40.6 Å². The Morgan fingerprint density at radius 2 is 1.84 bits per heavy atom. The first-order chi connectivity index (χ1) is 15.5. The van der Waals surface area contributed by atoms with Gasteiger partial charge in [-0.15, -0.1) is 10.2 Å². The van der Waals surface area contributed by atoms with Gasteiger partial charge in [0.1, 0.15) is 0 Å². The van der Waals surface area contributed by atoms with Gasteiger partial charge in [0, 0.05) is 5.02 Å². The summed E-state index contributed by atoms with van der Waals surface area (Å²) >= 11 is 13.8. The zero-order valence-electron chi connectivity index (χ0n) is 16.5. The van der Waals surface area contributed by atoms with E-state index >= 15 is 0 Å². The number of nitrogens with zero attached hydrogens (tertiary/aromatic N) is 6. The third-order valence-electron chi connectivity index (χ3n) is 4.92. The van der Waals surface area contributed by atoms with E-state index in [-0.39, 0.29) is 10.8 Å². The molecule has 9 nitrogen and oxygen atoms in total. The molecule has 0 bridgehead atoms. The van der Waals surface area contributed by atoms with Crippen molar-refractivity contribution in [2.45, 2.75) is 17.3 Å². The quantitative estimate of drug-likeness (QED) is 0.360. The molecule has 0 aliphatic carbocycles. The van der Waals surface area contributed by atoms with Gasteiger partial charge in [-0.05, 0) is 42.0 Å². The van der Waals surface area contributed by atoms with Crippen LogP contribution in [0.15, 0.2) is 58.5 Å². The van der Waals surface area contributed by atoms with Crippen molar-refractivity contribution in [2.75, 3.05) is 0 Å². The van der Waals surface area contributed by atoms with Gasteiger partial charge in [0.2, 0.25) is 5.16 Å². The minimum atomic E-state index is -0.392. The Balaban J connectivity index is 1.75. The lowest BCUT2D eigenvalue weighted by Gasteiger charge is -2.16. The first-order valence-corrected chi connectivity index (χ1v) is 11.0. The van der Waals surface area contributed by atoms with Gasteiger partial charge in [-0.3, -0.25) is 4.79 Å². The second-order valence-electron chi connectivity index (χ2n) is 6.85. The highest BCUT2D eigenvalue weighted by Crippen LogP contribution is 2.41. The number of hydrogen-bond donors (Lipinski definition) is 2. The molecule has 0 fully saturated rings. The highest BCUT2D eigenvalue weighted by atomic mass is 35.5. The number of fused-ring (bicyclic) bond motifs is 1. The maximum Gasteiger partial charge on any atom is 0.292 e. The summed E-state index contributed by atoms with van der Waals surface area (Å²) in [6.07, 6.45) is 0. The van der Waals surface area contributed by atoms with E-state index in [1.165, 1.54) is 11.8 Å². The number of halogens is 2. The average molecular weight is 485 g/mol. The van der Waals surface area contributed by atoms with Gasteiger partial charge in [-0.1, -0.05) is 59.2 Å². The number of thioether (sulfide) groups is 1. The minimum absolute atomic E-state index is 0.264. The summed E-state index contributed by atoms with van der Waals surface area (Å²) in [6.45, 7) is 1.88. The molecule has 0 aliphatic rings. The smallest absolute Gasteiger partial charge is 0.265 e. The zero-order chi connectivity index (χ0) is 22.2. The Kier molecular flexibility index (Phi) is 5.41. The Morgan fingerprint density at radius 3 is 2.56 bits per heavy atom. The minimum Gasteiger partial charge on any atom is -0.265 e. The highest BCUT2D eigenvalue weighted by molar-refractivity contribution is 7.99. The van der Waals surface area contributed by atoms with Crippen LogP contribution in [0, 0.1) is 6.92 Å². The van der Waals surface area contributed by atoms with E-state index in [9.17, 15) is 4.79 Å². The molecule has 3 heterocycles. The fraction of sp³-hybridized carbons (Fsp3) is 0.100. The average Bonchev–Trinajstić information content (AvgIpc) is 3.43. The Hall–Kier alpha value is -3.21. The van der Waals surface area contributed by atoms with Gasteiger partial charge < -0.3 is 0 Å². The summed E-state index contributed by atoms with van der Waals surface area (Å²) in [5, 5.41) is 27.6. The van der Waals surface area contributed by atoms with Crippen LogP contribution in [0.1, 0.15) is 22.2 Å². The molecule has 2 N–H and O–H groups in total. The van der Waals surface area contributed by atoms with E-state index in [4.69, 9.17) is 23.2 Å². The fourth-order valence-electron chi connectivity index (χ4n) is 3.46. The largest absolute Gasteiger partial charge is 0.292 e. The second-order valence-corrected chi connectivity index (χ2v) is 8.77. The predicted octanol–water partition coefficient (Wildman–Crippen LogP) is 4.12. The summed E-state index contributed by atoms with van der Waals surface area (Å²) in [4.78, 5) is 12.6. The number of aromatic amines is 2. The molecule has 32 heavy (non-hydrogen) atoms. The van der Waals surface area contributed by atoms with Crippen LogP contribution in [0.2, 0.25) is 10.0 Å². The second kappa shape index (κ2) is 8.38. The number of aromatic nitrogens is 8. The van der Waals surface area contributed by atoms with Crippen LogP contribution in [0.4, 0.5) is 0 Å². The number of aryl methyl sites for hydroxylation is 1. The van der Waals surface area contributed by atoms with Crippen molar-refractivity contribution in [3.05, 3.63) is 85.9 Å². The van der Waals surface area contributed by atoms with E-state index in [0.717, 1.165) is 11.3 Å². The van der Waals surface area contributed by atoms with Gasteiger partial charge >= 0.3 is 0 Å². The standard InChI is InChI=1S/C20H14Cl2N8OS/c1-10-15-16(18(32-20-25-28-29-26-20)11-6-8-12(21)9-7-11)23-24-19(31)17(15)27-30(10)14-5-3-2-4-13(14)22/h2-9,18H,1H3,(H,24,31)(H,25,26,28,29). The zero-order valence-corrected chi connectivity index (χ0v) is 18.8. The molecule has 0 aliphatic heterocycles. The van der Waals surface area contributed by atoms with Crippen LogP contribution in [0.25, 0.3) is 16.6 Å². The van der Waals surface area contributed by atoms with Crippen LogP contribution < -0.4 is 5.56 Å². The normalized spacial score (nSPS) is 12.3. The maximum atomic E-state index is 12.6. The van der Waals surface area contributed by atoms with Crippen LogP contribution >= 0.6 is 35.0 Å². The third-order valence-corrected chi connectivity index (χ3v) is 6.60. The van der Waals surface area contributed by atoms with Gasteiger partial charge in [0.15, 0.2) is 5.52 Å². The van der Waals surface area contributed by atoms with Crippen LogP contribution in [0.5, 0.6) is 0 Å². The number of tetrazole rings is 1. The number of rotatable bonds is 5. The fourth-order valence-corrected chi connectivity index (χ4v) is 4.77. The Bertz CT molecular complexity index is 1460. The molecular formula is C20H14Cl2N8OS. The molecule has 5 aromatic rings. The molecule has 5 rings (SSSR count). The molecule has 0 radical (unpaired) electrons. The lowest BCUT2D eigenvalue weighted by molar-refractivity contribution is 0.858. The van der Waals surface area contributed by atoms with Crippen molar-refractivity contribution in [2.24, 2.45) is 0 Å². The third kappa shape index (κ3) is 3.66. The molecule has 0 spiro atoms. The number of nitrogens with one attached hydrogen (secondary N) is 2. The van der Waals surface area contributed by atoms with E-state index in [0.29, 0.717) is 32.0 Å². The van der Waals surface area contributed by atoms with Gasteiger partial charge in [-0.2, -0.15) is 15.4 Å². The topological polar surface area (TPSA) is 118 Å². The maximum absolute atomic E-state index is 12.6. The molecular weight excluding hydrogens is 471 g/mol. The number of hydrogen-bond acceptors (Lipinski definition) is 7. The van der Waals surface area contributed by atoms with Gasteiger partial charge in [0.25, 0.3) is 5.56 Å². The van der Waals surface area contributed by atoms with Crippen LogP contribution in [0.3, 0.4) is 0 Å². The van der Waals surface area contributed by atoms with Crippen molar-refractivity contribution in [3.63, 3.8) is 0 Å². The molecule has 160 valence electrons. The highest BCUT2D eigenvalue weighted by Gasteiger charge is 2.27. The predicted molar refractivity (Wildman–Crippen MR) is 123 cm³/mol. The Labute approximate surface area is 195 Å². The van der Waals surface area contributed by atoms with E-state index in [2.05, 4.69) is 35.9 Å². The first kappa shape index (κ1) is 20.7. The summed E-state index contributed by atoms with van der Waals surface area (Å²) in [5.74, 6) is 0. The van der Waals surface area contributed by atoms with E-state index in [1.54, 1.807) is 22.9 Å². The SMILES string of the molecule is Cc1c2c(C(Sc3nn[nH]n3)c3ccc(Cl)cc3)n[nH]c(=O)c2nn1-c1ccccc1Cl. The lowest BCUT2D eigenvalue weighted by atomic mass is 10.1. The lowest BCUT2D eigenvalue weighted by Crippen LogP contribution is -2.13. The van der Waals surface area contributed by atoms with Gasteiger partial charge in [0.05, 0.1) is 32.7 Å². The summed E-state index contributed by atoms with van der Waals surface area (Å²) in [6, 6.07) is 14.7. The van der Waals surface area contributed by atoms with Crippen molar-refractivity contribution < 1.29 is 0 Å². The monoisotopic (exact) mass is 484 g/mol. The molecule has 12 heteroatoms. The van der Waals surface area contributed by atoms with Crippen molar-refractivity contribution in [1.29, 1.82) is 0 Å². The Morgan fingerprint density at radius 1 is 1.06 bits per heavy atom. The summed E-state index contributed by atoms with van der Waals surface area (Å²) in [5.41, 5.74) is 2.77. The molecule has 1 atom stereocenters. The van der Waals surface area contributed by atoms with E-state index < -0.39 is 5.56 Å². The van der Waals surface area contributed by atoms with Gasteiger partial charge in [-0.25, -0.2) is 9.78 Å². The van der Waals surface area contributed by atoms with Crippen molar-refractivity contribution in [3.8, 4) is 5.69 Å². The molecule has 2 aromatic carbocycles. The van der Waals surface area contributed by atoms with E-state index in [1.807, 2.05) is 37.3 Å². The molecule has 0 saturated carbocycles. The van der Waals surface area contributed by atoms with Crippen molar-refractivity contribution >= 4 is 45.9 Å². The van der Waals surface area contributed by atoms with Crippen LogP contribution in [-0.2, 0) is 0 Å². The molecule has 0 saturated heterocycles. The molecule has 0 amide bonds. The number of para-hydroxylation sites is 1. The summed E-state index contributed by atoms with van der Waals surface area (Å²) in [7, 11) is 0. The number of H-pyrrole nitrogens is 2. The van der Waals surface area contributed by atoms with Crippen LogP contribution in [-0.4, -0.2) is 40.6 Å². The molecule has 3 aromatic heterocycles. The molecule has 1 unspecified atom stereocenters. The first-order valence-electron chi connectivity index (χ1n) is 9.41. The number of benzene rings is 2. The summed E-state index contributed by atoms with van der Waals surface area (Å²) < 4.78 is 1.66.